The molecule has 21 heavy (non-hydrogen) atoms. The van der Waals surface area contributed by atoms with Gasteiger partial charge in [-0.3, -0.25) is 14.7 Å². The third kappa shape index (κ3) is 3.43. The number of aryl methyl sites for hydroxylation is 1. The van der Waals surface area contributed by atoms with Crippen LogP contribution in [0.25, 0.3) is 0 Å². The van der Waals surface area contributed by atoms with E-state index in [-0.39, 0.29) is 23.8 Å². The molecule has 0 saturated carbocycles. The monoisotopic (exact) mass is 292 g/mol. The first-order valence-corrected chi connectivity index (χ1v) is 7.51. The van der Waals surface area contributed by atoms with Crippen molar-refractivity contribution in [1.29, 1.82) is 0 Å². The SMILES string of the molecule is CC(=O)NC1CCCN(C(=O)c2c(C(C)C)n[nH]c2C)C1. The Hall–Kier alpha value is -1.85. The van der Waals surface area contributed by atoms with Gasteiger partial charge in [0.15, 0.2) is 0 Å². The summed E-state index contributed by atoms with van der Waals surface area (Å²) in [5, 5.41) is 10.1. The van der Waals surface area contributed by atoms with E-state index in [1.165, 1.54) is 6.92 Å². The first kappa shape index (κ1) is 15.5. The smallest absolute Gasteiger partial charge is 0.257 e. The molecule has 1 saturated heterocycles. The van der Waals surface area contributed by atoms with Crippen LogP contribution in [0.2, 0.25) is 0 Å². The van der Waals surface area contributed by atoms with Crippen LogP contribution < -0.4 is 5.32 Å². The molecule has 0 spiro atoms. The normalized spacial score (nSPS) is 18.9. The maximum absolute atomic E-state index is 12.8. The lowest BCUT2D eigenvalue weighted by Crippen LogP contribution is -2.49. The van der Waals surface area contributed by atoms with E-state index < -0.39 is 0 Å². The maximum Gasteiger partial charge on any atom is 0.257 e. The molecule has 0 radical (unpaired) electrons. The Morgan fingerprint density at radius 1 is 1.43 bits per heavy atom. The Kier molecular flexibility index (Phi) is 4.65. The summed E-state index contributed by atoms with van der Waals surface area (Å²) in [6.45, 7) is 8.75. The fraction of sp³-hybridized carbons (Fsp3) is 0.667. The minimum absolute atomic E-state index is 0.0139. The van der Waals surface area contributed by atoms with E-state index in [2.05, 4.69) is 15.5 Å². The Bertz CT molecular complexity index is 536. The Balaban J connectivity index is 2.16. The van der Waals surface area contributed by atoms with Gasteiger partial charge in [0.25, 0.3) is 5.91 Å². The first-order valence-electron chi connectivity index (χ1n) is 7.51. The van der Waals surface area contributed by atoms with Gasteiger partial charge in [0, 0.05) is 31.7 Å². The van der Waals surface area contributed by atoms with Crippen molar-refractivity contribution in [2.75, 3.05) is 13.1 Å². The number of piperidine rings is 1. The molecule has 0 aliphatic carbocycles. The Morgan fingerprint density at radius 3 is 2.76 bits per heavy atom. The number of carbonyl (C=O) groups is 2. The molecule has 6 nitrogen and oxygen atoms in total. The van der Waals surface area contributed by atoms with Gasteiger partial charge in [0.1, 0.15) is 0 Å². The summed E-state index contributed by atoms with van der Waals surface area (Å²) in [5.41, 5.74) is 2.32. The first-order chi connectivity index (χ1) is 9.90. The number of rotatable bonds is 3. The van der Waals surface area contributed by atoms with Gasteiger partial charge in [-0.1, -0.05) is 13.8 Å². The van der Waals surface area contributed by atoms with E-state index in [9.17, 15) is 9.59 Å². The summed E-state index contributed by atoms with van der Waals surface area (Å²) in [7, 11) is 0. The van der Waals surface area contributed by atoms with E-state index in [0.29, 0.717) is 12.1 Å². The molecule has 1 fully saturated rings. The van der Waals surface area contributed by atoms with Gasteiger partial charge in [0.05, 0.1) is 11.3 Å². The molecule has 2 N–H and O–H groups in total. The van der Waals surface area contributed by atoms with Crippen LogP contribution in [-0.4, -0.2) is 46.0 Å². The number of nitrogens with zero attached hydrogens (tertiary/aromatic N) is 2. The number of amides is 2. The van der Waals surface area contributed by atoms with Gasteiger partial charge in [-0.05, 0) is 25.7 Å². The van der Waals surface area contributed by atoms with Crippen molar-refractivity contribution in [3.05, 3.63) is 17.0 Å². The molecule has 6 heteroatoms. The van der Waals surface area contributed by atoms with E-state index >= 15 is 0 Å². The molecule has 1 aliphatic heterocycles. The molecular weight excluding hydrogens is 268 g/mol. The molecule has 2 heterocycles. The van der Waals surface area contributed by atoms with Gasteiger partial charge in [-0.2, -0.15) is 5.10 Å². The highest BCUT2D eigenvalue weighted by molar-refractivity contribution is 5.96. The van der Waals surface area contributed by atoms with E-state index in [4.69, 9.17) is 0 Å². The lowest BCUT2D eigenvalue weighted by molar-refractivity contribution is -0.120. The number of hydrogen-bond donors (Lipinski definition) is 2. The van der Waals surface area contributed by atoms with Crippen molar-refractivity contribution in [1.82, 2.24) is 20.4 Å². The van der Waals surface area contributed by atoms with Crippen LogP contribution in [0, 0.1) is 6.92 Å². The highest BCUT2D eigenvalue weighted by Crippen LogP contribution is 2.23. The average Bonchev–Trinajstić information content (AvgIpc) is 2.79. The lowest BCUT2D eigenvalue weighted by Gasteiger charge is -2.33. The standard InChI is InChI=1S/C15H24N4O2/c1-9(2)14-13(10(3)17-18-14)15(21)19-7-5-6-12(8-19)16-11(4)20/h9,12H,5-8H2,1-4H3,(H,16,20)(H,17,18). The van der Waals surface area contributed by atoms with Crippen LogP contribution in [0.1, 0.15) is 61.3 Å². The molecule has 1 unspecified atom stereocenters. The molecule has 1 aromatic rings. The number of aromatic amines is 1. The van der Waals surface area contributed by atoms with Crippen molar-refractivity contribution in [2.45, 2.75) is 52.5 Å². The summed E-state index contributed by atoms with van der Waals surface area (Å²) in [6, 6.07) is 0.0508. The second-order valence-electron chi connectivity index (χ2n) is 6.05. The Labute approximate surface area is 125 Å². The number of likely N-dealkylation sites (tertiary alicyclic amines) is 1. The van der Waals surface area contributed by atoms with Gasteiger partial charge in [0.2, 0.25) is 5.91 Å². The quantitative estimate of drug-likeness (QED) is 0.888. The zero-order valence-electron chi connectivity index (χ0n) is 13.2. The molecule has 116 valence electrons. The van der Waals surface area contributed by atoms with Crippen molar-refractivity contribution < 1.29 is 9.59 Å². The molecule has 2 rings (SSSR count). The van der Waals surface area contributed by atoms with Crippen LogP contribution in [-0.2, 0) is 4.79 Å². The predicted octanol–water partition coefficient (Wildman–Crippen LogP) is 1.58. The number of H-pyrrole nitrogens is 1. The van der Waals surface area contributed by atoms with Gasteiger partial charge < -0.3 is 10.2 Å². The summed E-state index contributed by atoms with van der Waals surface area (Å²) >= 11 is 0. The van der Waals surface area contributed by atoms with Crippen molar-refractivity contribution in [3.8, 4) is 0 Å². The van der Waals surface area contributed by atoms with Gasteiger partial charge in [-0.25, -0.2) is 0 Å². The number of hydrogen-bond acceptors (Lipinski definition) is 3. The van der Waals surface area contributed by atoms with Crippen LogP contribution >= 0.6 is 0 Å². The van der Waals surface area contributed by atoms with Crippen LogP contribution in [0.3, 0.4) is 0 Å². The minimum atomic E-state index is -0.0448. The van der Waals surface area contributed by atoms with Crippen molar-refractivity contribution in [3.63, 3.8) is 0 Å². The lowest BCUT2D eigenvalue weighted by atomic mass is 10.0. The topological polar surface area (TPSA) is 78.1 Å². The van der Waals surface area contributed by atoms with Crippen molar-refractivity contribution >= 4 is 11.8 Å². The third-order valence-corrected chi connectivity index (χ3v) is 3.85. The van der Waals surface area contributed by atoms with Crippen LogP contribution in [0.15, 0.2) is 0 Å². The maximum atomic E-state index is 12.8. The van der Waals surface area contributed by atoms with E-state index in [1.807, 2.05) is 25.7 Å². The summed E-state index contributed by atoms with van der Waals surface area (Å²) < 4.78 is 0. The zero-order chi connectivity index (χ0) is 15.6. The fourth-order valence-corrected chi connectivity index (χ4v) is 2.86. The second kappa shape index (κ2) is 6.28. The molecule has 1 aromatic heterocycles. The predicted molar refractivity (Wildman–Crippen MR) is 80.2 cm³/mol. The molecule has 1 atom stereocenters. The Morgan fingerprint density at radius 2 is 2.14 bits per heavy atom. The summed E-state index contributed by atoms with van der Waals surface area (Å²) in [4.78, 5) is 25.8. The van der Waals surface area contributed by atoms with E-state index in [1.54, 1.807) is 0 Å². The van der Waals surface area contributed by atoms with Crippen molar-refractivity contribution in [2.24, 2.45) is 0 Å². The average molecular weight is 292 g/mol. The number of nitrogens with one attached hydrogen (secondary N) is 2. The molecule has 0 bridgehead atoms. The largest absolute Gasteiger partial charge is 0.352 e. The number of aromatic nitrogens is 2. The highest BCUT2D eigenvalue weighted by atomic mass is 16.2. The third-order valence-electron chi connectivity index (χ3n) is 3.85. The zero-order valence-corrected chi connectivity index (χ0v) is 13.2. The molecule has 2 amide bonds. The summed E-state index contributed by atoms with van der Waals surface area (Å²) in [5.74, 6) is 0.168. The van der Waals surface area contributed by atoms with Gasteiger partial charge in [-0.15, -0.1) is 0 Å². The highest BCUT2D eigenvalue weighted by Gasteiger charge is 2.29. The second-order valence-corrected chi connectivity index (χ2v) is 6.05. The van der Waals surface area contributed by atoms with Crippen LogP contribution in [0.5, 0.6) is 0 Å². The number of carbonyl (C=O) groups excluding carboxylic acids is 2. The van der Waals surface area contributed by atoms with E-state index in [0.717, 1.165) is 30.8 Å². The molecular formula is C15H24N4O2. The van der Waals surface area contributed by atoms with Crippen LogP contribution in [0.4, 0.5) is 0 Å². The van der Waals surface area contributed by atoms with Gasteiger partial charge >= 0.3 is 0 Å². The molecule has 0 aromatic carbocycles. The summed E-state index contributed by atoms with van der Waals surface area (Å²) in [6.07, 6.45) is 1.83. The molecule has 1 aliphatic rings. The minimum Gasteiger partial charge on any atom is -0.352 e. The fourth-order valence-electron chi connectivity index (χ4n) is 2.86.